The molecule has 3 heterocycles. The summed E-state index contributed by atoms with van der Waals surface area (Å²) in [5, 5.41) is 5.21. The van der Waals surface area contributed by atoms with Gasteiger partial charge in [-0.2, -0.15) is 9.61 Å². The molecule has 2 aromatic heterocycles. The molecular formula is C19H20N4O3S. The predicted molar refractivity (Wildman–Crippen MR) is 102 cm³/mol. The standard InChI is InChI=1S/C19H20N4O3S/c1-3-14-12(2)20-18-23(17(14)24)21-16(27-18)15-10-7-11-22(15)19(25)26-13-8-5-4-6-9-13/h4-6,8-9,15H,3,7,10-11H2,1-2H3. The molecule has 1 unspecified atom stereocenters. The van der Waals surface area contributed by atoms with Crippen LogP contribution in [0.4, 0.5) is 4.79 Å². The number of para-hydroxylation sites is 1. The maximum atomic E-state index is 12.6. The Bertz CT molecular complexity index is 1040. The predicted octanol–water partition coefficient (Wildman–Crippen LogP) is 3.36. The Kier molecular flexibility index (Phi) is 4.65. The maximum Gasteiger partial charge on any atom is 0.415 e. The van der Waals surface area contributed by atoms with E-state index in [9.17, 15) is 9.59 Å². The van der Waals surface area contributed by atoms with Gasteiger partial charge in [-0.05, 0) is 38.3 Å². The van der Waals surface area contributed by atoms with Gasteiger partial charge in [0.1, 0.15) is 10.8 Å². The molecule has 7 nitrogen and oxygen atoms in total. The number of aryl methyl sites for hydroxylation is 1. The molecule has 0 aliphatic carbocycles. The summed E-state index contributed by atoms with van der Waals surface area (Å²) in [5.41, 5.74) is 1.29. The van der Waals surface area contributed by atoms with E-state index in [1.807, 2.05) is 32.0 Å². The van der Waals surface area contributed by atoms with Crippen LogP contribution >= 0.6 is 11.3 Å². The first-order valence-corrected chi connectivity index (χ1v) is 9.83. The van der Waals surface area contributed by atoms with E-state index in [0.29, 0.717) is 29.2 Å². The third-order valence-electron chi connectivity index (χ3n) is 4.80. The summed E-state index contributed by atoms with van der Waals surface area (Å²) in [7, 11) is 0. The van der Waals surface area contributed by atoms with Gasteiger partial charge in [0.15, 0.2) is 0 Å². The van der Waals surface area contributed by atoms with Crippen LogP contribution < -0.4 is 10.3 Å². The van der Waals surface area contributed by atoms with Gasteiger partial charge >= 0.3 is 6.09 Å². The molecule has 1 amide bonds. The van der Waals surface area contributed by atoms with Crippen LogP contribution in [0.25, 0.3) is 4.96 Å². The highest BCUT2D eigenvalue weighted by Gasteiger charge is 2.34. The molecule has 0 spiro atoms. The Morgan fingerprint density at radius 1 is 1.33 bits per heavy atom. The van der Waals surface area contributed by atoms with Crippen molar-refractivity contribution in [2.24, 2.45) is 0 Å². The van der Waals surface area contributed by atoms with Crippen LogP contribution in [-0.4, -0.2) is 32.1 Å². The third-order valence-corrected chi connectivity index (χ3v) is 5.81. The molecule has 0 N–H and O–H groups in total. The van der Waals surface area contributed by atoms with E-state index >= 15 is 0 Å². The number of likely N-dealkylation sites (tertiary alicyclic amines) is 1. The highest BCUT2D eigenvalue weighted by molar-refractivity contribution is 7.16. The molecule has 1 saturated heterocycles. The van der Waals surface area contributed by atoms with Gasteiger partial charge in [-0.15, -0.1) is 0 Å². The van der Waals surface area contributed by atoms with Gasteiger partial charge in [-0.3, -0.25) is 9.69 Å². The van der Waals surface area contributed by atoms with Gasteiger partial charge in [0.25, 0.3) is 5.56 Å². The number of rotatable bonds is 3. The monoisotopic (exact) mass is 384 g/mol. The van der Waals surface area contributed by atoms with Crippen molar-refractivity contribution >= 4 is 22.4 Å². The summed E-state index contributed by atoms with van der Waals surface area (Å²) in [4.78, 5) is 32.0. The fourth-order valence-electron chi connectivity index (χ4n) is 3.43. The number of hydrogen-bond donors (Lipinski definition) is 0. The van der Waals surface area contributed by atoms with Gasteiger partial charge in [0.2, 0.25) is 4.96 Å². The van der Waals surface area contributed by atoms with Crippen LogP contribution in [0.3, 0.4) is 0 Å². The Hall–Kier alpha value is -2.74. The number of nitrogens with zero attached hydrogens (tertiary/aromatic N) is 4. The van der Waals surface area contributed by atoms with Crippen LogP contribution in [0.5, 0.6) is 5.75 Å². The Labute approximate surface area is 160 Å². The molecule has 4 rings (SSSR count). The Morgan fingerprint density at radius 2 is 2.11 bits per heavy atom. The third kappa shape index (κ3) is 3.21. The summed E-state index contributed by atoms with van der Waals surface area (Å²) in [6.45, 7) is 4.38. The lowest BCUT2D eigenvalue weighted by molar-refractivity contribution is 0.147. The summed E-state index contributed by atoms with van der Waals surface area (Å²) < 4.78 is 6.85. The fraction of sp³-hybridized carbons (Fsp3) is 0.368. The van der Waals surface area contributed by atoms with Gasteiger partial charge < -0.3 is 4.74 Å². The maximum absolute atomic E-state index is 12.6. The number of hydrogen-bond acceptors (Lipinski definition) is 6. The molecule has 1 atom stereocenters. The van der Waals surface area contributed by atoms with Crippen molar-refractivity contribution in [2.45, 2.75) is 39.2 Å². The molecular weight excluding hydrogens is 364 g/mol. The minimum absolute atomic E-state index is 0.126. The largest absolute Gasteiger partial charge is 0.415 e. The summed E-state index contributed by atoms with van der Waals surface area (Å²) >= 11 is 1.36. The summed E-state index contributed by atoms with van der Waals surface area (Å²) in [5.74, 6) is 0.513. The number of amides is 1. The number of fused-ring (bicyclic) bond motifs is 1. The van der Waals surface area contributed by atoms with E-state index < -0.39 is 6.09 Å². The molecule has 27 heavy (non-hydrogen) atoms. The van der Waals surface area contributed by atoms with E-state index in [0.717, 1.165) is 23.5 Å². The topological polar surface area (TPSA) is 76.8 Å². The fourth-order valence-corrected chi connectivity index (χ4v) is 4.51. The molecule has 1 aromatic carbocycles. The van der Waals surface area contributed by atoms with Crippen molar-refractivity contribution in [3.63, 3.8) is 0 Å². The first-order valence-electron chi connectivity index (χ1n) is 9.01. The van der Waals surface area contributed by atoms with Crippen molar-refractivity contribution in [1.29, 1.82) is 0 Å². The smallest absolute Gasteiger partial charge is 0.410 e. The van der Waals surface area contributed by atoms with Crippen LogP contribution in [0.2, 0.25) is 0 Å². The second-order valence-electron chi connectivity index (χ2n) is 6.50. The summed E-state index contributed by atoms with van der Waals surface area (Å²) in [6, 6.07) is 8.82. The zero-order valence-electron chi connectivity index (χ0n) is 15.2. The molecule has 3 aromatic rings. The van der Waals surface area contributed by atoms with Gasteiger partial charge in [-0.25, -0.2) is 9.78 Å². The van der Waals surface area contributed by atoms with Crippen LogP contribution in [0.15, 0.2) is 35.1 Å². The average molecular weight is 384 g/mol. The molecule has 1 aliphatic heterocycles. The second kappa shape index (κ2) is 7.11. The normalized spacial score (nSPS) is 16.8. The lowest BCUT2D eigenvalue weighted by atomic mass is 10.2. The average Bonchev–Trinajstić information content (AvgIpc) is 3.29. The van der Waals surface area contributed by atoms with E-state index in [1.54, 1.807) is 17.0 Å². The molecule has 8 heteroatoms. The van der Waals surface area contributed by atoms with Crippen molar-refractivity contribution < 1.29 is 9.53 Å². The zero-order valence-corrected chi connectivity index (χ0v) is 16.0. The van der Waals surface area contributed by atoms with Gasteiger partial charge in [-0.1, -0.05) is 36.5 Å². The minimum Gasteiger partial charge on any atom is -0.410 e. The summed E-state index contributed by atoms with van der Waals surface area (Å²) in [6.07, 6.45) is 1.88. The first kappa shape index (κ1) is 17.7. The number of carbonyl (C=O) groups is 1. The highest BCUT2D eigenvalue weighted by Crippen LogP contribution is 2.34. The number of carbonyl (C=O) groups excluding carboxylic acids is 1. The molecule has 0 saturated carbocycles. The van der Waals surface area contributed by atoms with Crippen LogP contribution in [-0.2, 0) is 6.42 Å². The lowest BCUT2D eigenvalue weighted by Crippen LogP contribution is -2.33. The van der Waals surface area contributed by atoms with Gasteiger partial charge in [0, 0.05) is 17.8 Å². The number of ether oxygens (including phenoxy) is 1. The van der Waals surface area contributed by atoms with E-state index in [-0.39, 0.29) is 11.6 Å². The van der Waals surface area contributed by atoms with E-state index in [2.05, 4.69) is 10.1 Å². The molecule has 140 valence electrons. The first-order chi connectivity index (χ1) is 13.1. The molecule has 1 fully saturated rings. The van der Waals surface area contributed by atoms with Crippen LogP contribution in [0.1, 0.15) is 42.1 Å². The second-order valence-corrected chi connectivity index (χ2v) is 7.49. The van der Waals surface area contributed by atoms with Crippen molar-refractivity contribution in [3.8, 4) is 5.75 Å². The highest BCUT2D eigenvalue weighted by atomic mass is 32.1. The van der Waals surface area contributed by atoms with Crippen molar-refractivity contribution in [1.82, 2.24) is 19.5 Å². The minimum atomic E-state index is -0.395. The van der Waals surface area contributed by atoms with Crippen molar-refractivity contribution in [3.05, 3.63) is 57.0 Å². The quantitative estimate of drug-likeness (QED) is 0.692. The number of benzene rings is 1. The zero-order chi connectivity index (χ0) is 19.0. The lowest BCUT2D eigenvalue weighted by Gasteiger charge is -2.21. The van der Waals surface area contributed by atoms with Crippen molar-refractivity contribution in [2.75, 3.05) is 6.54 Å². The van der Waals surface area contributed by atoms with E-state index in [4.69, 9.17) is 4.74 Å². The number of aromatic nitrogens is 3. The Balaban J connectivity index is 1.65. The molecule has 1 aliphatic rings. The van der Waals surface area contributed by atoms with Crippen LogP contribution in [0, 0.1) is 6.92 Å². The Morgan fingerprint density at radius 3 is 2.85 bits per heavy atom. The van der Waals surface area contributed by atoms with Gasteiger partial charge in [0.05, 0.1) is 6.04 Å². The molecule has 0 radical (unpaired) electrons. The SMILES string of the molecule is CCc1c(C)nc2sc(C3CCCN3C(=O)Oc3ccccc3)nn2c1=O. The molecule has 0 bridgehead atoms. The van der Waals surface area contributed by atoms with E-state index in [1.165, 1.54) is 15.9 Å².